The van der Waals surface area contributed by atoms with Crippen LogP contribution in [-0.4, -0.2) is 23.0 Å². The number of hydrogen-bond acceptors (Lipinski definition) is 2. The Labute approximate surface area is 112 Å². The van der Waals surface area contributed by atoms with Crippen molar-refractivity contribution in [2.24, 2.45) is 0 Å². The minimum Gasteiger partial charge on any atom is -0.480 e. The molecule has 1 amide bonds. The topological polar surface area (TPSA) is 66.4 Å². The van der Waals surface area contributed by atoms with E-state index in [1.54, 1.807) is 0 Å². The lowest BCUT2D eigenvalue weighted by Crippen LogP contribution is -2.40. The van der Waals surface area contributed by atoms with Gasteiger partial charge in [-0.1, -0.05) is 13.3 Å². The smallest absolute Gasteiger partial charge is 0.326 e. The Kier molecular flexibility index (Phi) is 5.27. The van der Waals surface area contributed by atoms with Crippen molar-refractivity contribution in [3.8, 4) is 0 Å². The third-order valence-electron chi connectivity index (χ3n) is 2.36. The second-order valence-corrected chi connectivity index (χ2v) is 4.63. The van der Waals surface area contributed by atoms with E-state index in [4.69, 9.17) is 5.11 Å². The van der Waals surface area contributed by atoms with E-state index in [1.807, 2.05) is 6.92 Å². The molecule has 4 nitrogen and oxygen atoms in total. The minimum absolute atomic E-state index is 0.207. The van der Waals surface area contributed by atoms with Crippen molar-refractivity contribution in [1.29, 1.82) is 0 Å². The van der Waals surface area contributed by atoms with Gasteiger partial charge in [-0.15, -0.1) is 0 Å². The summed E-state index contributed by atoms with van der Waals surface area (Å²) >= 11 is 3.07. The van der Waals surface area contributed by atoms with E-state index in [1.165, 1.54) is 6.07 Å². The number of hydrogen-bond donors (Lipinski definition) is 2. The number of nitrogens with one attached hydrogen (secondary N) is 1. The van der Waals surface area contributed by atoms with E-state index in [2.05, 4.69) is 21.2 Å². The van der Waals surface area contributed by atoms with Crippen LogP contribution in [0.3, 0.4) is 0 Å². The third-order valence-corrected chi connectivity index (χ3v) is 3.01. The normalized spacial score (nSPS) is 11.9. The highest BCUT2D eigenvalue weighted by Crippen LogP contribution is 2.18. The predicted octanol–water partition coefficient (Wildman–Crippen LogP) is 2.57. The molecule has 98 valence electrons. The first-order chi connectivity index (χ1) is 8.45. The second kappa shape index (κ2) is 6.49. The van der Waals surface area contributed by atoms with Crippen LogP contribution in [0, 0.1) is 5.82 Å². The number of carboxylic acids is 1. The summed E-state index contributed by atoms with van der Waals surface area (Å²) in [7, 11) is 0. The molecule has 1 rings (SSSR count). The Balaban J connectivity index is 2.83. The van der Waals surface area contributed by atoms with Crippen molar-refractivity contribution in [3.05, 3.63) is 34.1 Å². The van der Waals surface area contributed by atoms with E-state index in [-0.39, 0.29) is 5.56 Å². The molecule has 0 bridgehead atoms. The summed E-state index contributed by atoms with van der Waals surface area (Å²) in [6, 6.07) is 2.68. The van der Waals surface area contributed by atoms with E-state index in [0.29, 0.717) is 17.3 Å². The van der Waals surface area contributed by atoms with Crippen molar-refractivity contribution < 1.29 is 19.1 Å². The number of carbonyl (C=O) groups excluding carboxylic acids is 1. The number of benzene rings is 1. The quantitative estimate of drug-likeness (QED) is 0.877. The molecule has 0 radical (unpaired) electrons. The summed E-state index contributed by atoms with van der Waals surface area (Å²) in [6.07, 6.45) is 0.988. The van der Waals surface area contributed by atoms with Gasteiger partial charge in [0.15, 0.2) is 0 Å². The molecule has 0 saturated heterocycles. The molecule has 2 N–H and O–H groups in total. The van der Waals surface area contributed by atoms with Crippen LogP contribution in [0.4, 0.5) is 4.39 Å². The molecule has 0 aliphatic carbocycles. The van der Waals surface area contributed by atoms with Gasteiger partial charge in [-0.2, -0.15) is 0 Å². The summed E-state index contributed by atoms with van der Waals surface area (Å²) in [5.41, 5.74) is 0.207. The highest BCUT2D eigenvalue weighted by Gasteiger charge is 2.20. The lowest BCUT2D eigenvalue weighted by atomic mass is 10.1. The van der Waals surface area contributed by atoms with Gasteiger partial charge in [-0.05, 0) is 40.5 Å². The van der Waals surface area contributed by atoms with Gasteiger partial charge in [0.2, 0.25) is 0 Å². The molecular formula is C12H13BrFNO3. The first-order valence-corrected chi connectivity index (χ1v) is 6.23. The molecular weight excluding hydrogens is 305 g/mol. The van der Waals surface area contributed by atoms with Crippen molar-refractivity contribution in [1.82, 2.24) is 5.32 Å². The Hall–Kier alpha value is -1.43. The zero-order chi connectivity index (χ0) is 13.7. The summed E-state index contributed by atoms with van der Waals surface area (Å²) in [6.45, 7) is 1.83. The third kappa shape index (κ3) is 3.80. The van der Waals surface area contributed by atoms with Gasteiger partial charge in [-0.3, -0.25) is 4.79 Å². The van der Waals surface area contributed by atoms with Crippen molar-refractivity contribution >= 4 is 27.8 Å². The van der Waals surface area contributed by atoms with Gasteiger partial charge in [-0.25, -0.2) is 9.18 Å². The molecule has 0 saturated carbocycles. The maximum Gasteiger partial charge on any atom is 0.326 e. The van der Waals surface area contributed by atoms with Crippen LogP contribution in [0.25, 0.3) is 0 Å². The van der Waals surface area contributed by atoms with Gasteiger partial charge < -0.3 is 10.4 Å². The lowest BCUT2D eigenvalue weighted by molar-refractivity contribution is -0.139. The Morgan fingerprint density at radius 3 is 2.67 bits per heavy atom. The SMILES string of the molecule is CCC[C@H](NC(=O)c1ccc(F)cc1Br)C(=O)O. The number of carboxylic acid groups (broad SMARTS) is 1. The van der Waals surface area contributed by atoms with Crippen LogP contribution < -0.4 is 5.32 Å². The van der Waals surface area contributed by atoms with Crippen molar-refractivity contribution in [3.63, 3.8) is 0 Å². The molecule has 0 fully saturated rings. The molecule has 0 spiro atoms. The molecule has 0 aliphatic rings. The number of aliphatic carboxylic acids is 1. The Morgan fingerprint density at radius 1 is 1.50 bits per heavy atom. The molecule has 1 atom stereocenters. The van der Waals surface area contributed by atoms with Crippen LogP contribution in [-0.2, 0) is 4.79 Å². The van der Waals surface area contributed by atoms with Crippen LogP contribution in [0.2, 0.25) is 0 Å². The average molecular weight is 318 g/mol. The van der Waals surface area contributed by atoms with Crippen LogP contribution in [0.5, 0.6) is 0 Å². The maximum atomic E-state index is 12.9. The zero-order valence-corrected chi connectivity index (χ0v) is 11.3. The molecule has 0 unspecified atom stereocenters. The summed E-state index contributed by atoms with van der Waals surface area (Å²) in [4.78, 5) is 22.7. The monoisotopic (exact) mass is 317 g/mol. The van der Waals surface area contributed by atoms with Crippen LogP contribution in [0.1, 0.15) is 30.1 Å². The number of halogens is 2. The molecule has 0 heterocycles. The lowest BCUT2D eigenvalue weighted by Gasteiger charge is -2.14. The fraction of sp³-hybridized carbons (Fsp3) is 0.333. The van der Waals surface area contributed by atoms with Gasteiger partial charge >= 0.3 is 5.97 Å². The fourth-order valence-electron chi connectivity index (χ4n) is 1.46. The van der Waals surface area contributed by atoms with Crippen molar-refractivity contribution in [2.75, 3.05) is 0 Å². The molecule has 0 aromatic heterocycles. The van der Waals surface area contributed by atoms with Crippen LogP contribution >= 0.6 is 15.9 Å². The molecule has 1 aromatic carbocycles. The van der Waals surface area contributed by atoms with Gasteiger partial charge in [0.05, 0.1) is 5.56 Å². The highest BCUT2D eigenvalue weighted by molar-refractivity contribution is 9.10. The summed E-state index contributed by atoms with van der Waals surface area (Å²) in [5, 5.41) is 11.3. The Bertz CT molecular complexity index is 465. The number of rotatable bonds is 5. The van der Waals surface area contributed by atoms with E-state index in [0.717, 1.165) is 12.1 Å². The standard InChI is InChI=1S/C12H13BrFNO3/c1-2-3-10(12(17)18)15-11(16)8-5-4-7(14)6-9(8)13/h4-6,10H,2-3H2,1H3,(H,15,16)(H,17,18)/t10-/m0/s1. The average Bonchev–Trinajstić information content (AvgIpc) is 2.27. The van der Waals surface area contributed by atoms with Crippen LogP contribution in [0.15, 0.2) is 22.7 Å². The van der Waals surface area contributed by atoms with Crippen molar-refractivity contribution in [2.45, 2.75) is 25.8 Å². The number of carbonyl (C=O) groups is 2. The van der Waals surface area contributed by atoms with E-state index < -0.39 is 23.7 Å². The van der Waals surface area contributed by atoms with Gasteiger partial charge in [0, 0.05) is 4.47 Å². The van der Waals surface area contributed by atoms with E-state index in [9.17, 15) is 14.0 Å². The second-order valence-electron chi connectivity index (χ2n) is 3.78. The largest absolute Gasteiger partial charge is 0.480 e. The van der Waals surface area contributed by atoms with Gasteiger partial charge in [0.1, 0.15) is 11.9 Å². The summed E-state index contributed by atoms with van der Waals surface area (Å²) in [5.74, 6) is -2.09. The highest BCUT2D eigenvalue weighted by atomic mass is 79.9. The maximum absolute atomic E-state index is 12.9. The fourth-order valence-corrected chi connectivity index (χ4v) is 1.99. The summed E-state index contributed by atoms with van der Waals surface area (Å²) < 4.78 is 13.2. The minimum atomic E-state index is -1.08. The first-order valence-electron chi connectivity index (χ1n) is 5.44. The zero-order valence-electron chi connectivity index (χ0n) is 9.74. The molecule has 1 aromatic rings. The van der Waals surface area contributed by atoms with Gasteiger partial charge in [0.25, 0.3) is 5.91 Å². The van der Waals surface area contributed by atoms with E-state index >= 15 is 0 Å². The first kappa shape index (κ1) is 14.6. The predicted molar refractivity (Wildman–Crippen MR) is 67.9 cm³/mol. The molecule has 0 aliphatic heterocycles. The number of amides is 1. The Morgan fingerprint density at radius 2 is 2.17 bits per heavy atom. The molecule has 18 heavy (non-hydrogen) atoms. The molecule has 6 heteroatoms.